The molecule has 0 aliphatic heterocycles. The lowest BCUT2D eigenvalue weighted by molar-refractivity contribution is -0.121. The average molecular weight is 227 g/mol. The SMILES string of the molecule is CC(C)(C)NC(=O)OCC1CCC(=O)CC1. The van der Waals surface area contributed by atoms with Crippen molar-refractivity contribution in [2.45, 2.75) is 52.0 Å². The molecule has 0 bridgehead atoms. The molecule has 1 saturated carbocycles. The van der Waals surface area contributed by atoms with Crippen LogP contribution in [0.15, 0.2) is 0 Å². The Morgan fingerprint density at radius 3 is 2.44 bits per heavy atom. The van der Waals surface area contributed by atoms with Gasteiger partial charge in [-0.1, -0.05) is 0 Å². The van der Waals surface area contributed by atoms with Gasteiger partial charge in [-0.25, -0.2) is 4.79 Å². The Morgan fingerprint density at radius 1 is 1.38 bits per heavy atom. The Balaban J connectivity index is 2.19. The van der Waals surface area contributed by atoms with Gasteiger partial charge >= 0.3 is 6.09 Å². The van der Waals surface area contributed by atoms with Gasteiger partial charge in [-0.3, -0.25) is 4.79 Å². The number of alkyl carbamates (subject to hydrolysis) is 1. The van der Waals surface area contributed by atoms with Crippen molar-refractivity contribution in [1.82, 2.24) is 5.32 Å². The van der Waals surface area contributed by atoms with E-state index in [1.54, 1.807) is 0 Å². The normalized spacial score (nSPS) is 18.3. The standard InChI is InChI=1S/C12H21NO3/c1-12(2,3)13-11(15)16-8-9-4-6-10(14)7-5-9/h9H,4-8H2,1-3H3,(H,13,15). The zero-order valence-electron chi connectivity index (χ0n) is 10.3. The van der Waals surface area contributed by atoms with E-state index in [-0.39, 0.29) is 11.6 Å². The molecule has 0 unspecified atom stereocenters. The molecule has 4 nitrogen and oxygen atoms in total. The highest BCUT2D eigenvalue weighted by Gasteiger charge is 2.21. The maximum atomic E-state index is 11.4. The van der Waals surface area contributed by atoms with Crippen molar-refractivity contribution in [3.05, 3.63) is 0 Å². The van der Waals surface area contributed by atoms with Gasteiger partial charge in [-0.05, 0) is 39.5 Å². The number of ketones is 1. The van der Waals surface area contributed by atoms with Crippen LogP contribution in [-0.4, -0.2) is 24.0 Å². The van der Waals surface area contributed by atoms with Gasteiger partial charge in [0.2, 0.25) is 0 Å². The van der Waals surface area contributed by atoms with Crippen molar-refractivity contribution < 1.29 is 14.3 Å². The van der Waals surface area contributed by atoms with Crippen LogP contribution in [0.1, 0.15) is 46.5 Å². The topological polar surface area (TPSA) is 55.4 Å². The predicted octanol–water partition coefficient (Wildman–Crippen LogP) is 2.27. The van der Waals surface area contributed by atoms with E-state index >= 15 is 0 Å². The molecule has 92 valence electrons. The molecule has 16 heavy (non-hydrogen) atoms. The van der Waals surface area contributed by atoms with E-state index in [1.165, 1.54) is 0 Å². The molecule has 0 aromatic rings. The molecule has 0 aromatic heterocycles. The van der Waals surface area contributed by atoms with E-state index in [1.807, 2.05) is 20.8 Å². The van der Waals surface area contributed by atoms with Crippen molar-refractivity contribution in [3.8, 4) is 0 Å². The van der Waals surface area contributed by atoms with Crippen LogP contribution in [-0.2, 0) is 9.53 Å². The van der Waals surface area contributed by atoms with E-state index in [9.17, 15) is 9.59 Å². The van der Waals surface area contributed by atoms with Crippen LogP contribution in [0.3, 0.4) is 0 Å². The molecule has 1 aliphatic carbocycles. The molecule has 0 aromatic carbocycles. The fourth-order valence-electron chi connectivity index (χ4n) is 1.70. The Bertz CT molecular complexity index is 258. The summed E-state index contributed by atoms with van der Waals surface area (Å²) >= 11 is 0. The van der Waals surface area contributed by atoms with Gasteiger partial charge in [-0.15, -0.1) is 0 Å². The van der Waals surface area contributed by atoms with E-state index in [4.69, 9.17) is 4.74 Å². The molecule has 0 radical (unpaired) electrons. The van der Waals surface area contributed by atoms with E-state index in [0.717, 1.165) is 12.8 Å². The zero-order valence-corrected chi connectivity index (χ0v) is 10.3. The van der Waals surface area contributed by atoms with Crippen molar-refractivity contribution in [2.24, 2.45) is 5.92 Å². The lowest BCUT2D eigenvalue weighted by Crippen LogP contribution is -2.41. The Morgan fingerprint density at radius 2 is 1.94 bits per heavy atom. The second-order valence-corrected chi connectivity index (χ2v) is 5.46. The molecular formula is C12H21NO3. The smallest absolute Gasteiger partial charge is 0.407 e. The van der Waals surface area contributed by atoms with Crippen LogP contribution in [0, 0.1) is 5.92 Å². The molecule has 0 heterocycles. The summed E-state index contributed by atoms with van der Waals surface area (Å²) in [5.41, 5.74) is -0.264. The summed E-state index contributed by atoms with van der Waals surface area (Å²) in [7, 11) is 0. The minimum Gasteiger partial charge on any atom is -0.449 e. The number of carbonyl (C=O) groups is 2. The first-order chi connectivity index (χ1) is 7.37. The van der Waals surface area contributed by atoms with Crippen molar-refractivity contribution >= 4 is 11.9 Å². The summed E-state index contributed by atoms with van der Waals surface area (Å²) in [6.45, 7) is 6.16. The molecule has 1 rings (SSSR count). The first-order valence-corrected chi connectivity index (χ1v) is 5.83. The third-order valence-electron chi connectivity index (χ3n) is 2.59. The number of amides is 1. The number of hydrogen-bond acceptors (Lipinski definition) is 3. The molecule has 1 amide bonds. The second-order valence-electron chi connectivity index (χ2n) is 5.46. The van der Waals surface area contributed by atoms with Crippen LogP contribution < -0.4 is 5.32 Å². The maximum Gasteiger partial charge on any atom is 0.407 e. The fourth-order valence-corrected chi connectivity index (χ4v) is 1.70. The van der Waals surface area contributed by atoms with E-state index in [0.29, 0.717) is 31.1 Å². The highest BCUT2D eigenvalue weighted by molar-refractivity contribution is 5.79. The van der Waals surface area contributed by atoms with Crippen LogP contribution in [0.2, 0.25) is 0 Å². The quantitative estimate of drug-likeness (QED) is 0.787. The summed E-state index contributed by atoms with van der Waals surface area (Å²) in [6.07, 6.45) is 2.59. The minimum atomic E-state index is -0.371. The lowest BCUT2D eigenvalue weighted by atomic mass is 9.89. The molecule has 1 fully saturated rings. The van der Waals surface area contributed by atoms with E-state index < -0.39 is 0 Å². The van der Waals surface area contributed by atoms with Gasteiger partial charge in [0.15, 0.2) is 0 Å². The van der Waals surface area contributed by atoms with E-state index in [2.05, 4.69) is 5.32 Å². The Labute approximate surface area is 96.7 Å². The average Bonchev–Trinajstić information content (AvgIpc) is 2.14. The molecular weight excluding hydrogens is 206 g/mol. The summed E-state index contributed by atoms with van der Waals surface area (Å²) < 4.78 is 5.13. The first-order valence-electron chi connectivity index (χ1n) is 5.83. The molecule has 1 aliphatic rings. The lowest BCUT2D eigenvalue weighted by Gasteiger charge is -2.23. The number of hydrogen-bond donors (Lipinski definition) is 1. The summed E-state index contributed by atoms with van der Waals surface area (Å²) in [5.74, 6) is 0.679. The summed E-state index contributed by atoms with van der Waals surface area (Å²) in [5, 5.41) is 2.74. The van der Waals surface area contributed by atoms with Crippen LogP contribution >= 0.6 is 0 Å². The van der Waals surface area contributed by atoms with Gasteiger partial charge in [0.25, 0.3) is 0 Å². The molecule has 0 saturated heterocycles. The Hall–Kier alpha value is -1.06. The molecule has 0 atom stereocenters. The van der Waals surface area contributed by atoms with Crippen molar-refractivity contribution in [2.75, 3.05) is 6.61 Å². The fraction of sp³-hybridized carbons (Fsp3) is 0.833. The van der Waals surface area contributed by atoms with Gasteiger partial charge < -0.3 is 10.1 Å². The number of Topliss-reactive ketones (excluding diaryl/α,β-unsaturated/α-hetero) is 1. The third-order valence-corrected chi connectivity index (χ3v) is 2.59. The van der Waals surface area contributed by atoms with Crippen molar-refractivity contribution in [1.29, 1.82) is 0 Å². The number of rotatable bonds is 2. The number of ether oxygens (including phenoxy) is 1. The van der Waals surface area contributed by atoms with Gasteiger partial charge in [0, 0.05) is 18.4 Å². The minimum absolute atomic E-state index is 0.264. The molecule has 1 N–H and O–H groups in total. The molecule has 4 heteroatoms. The maximum absolute atomic E-state index is 11.4. The predicted molar refractivity (Wildman–Crippen MR) is 61.2 cm³/mol. The summed E-state index contributed by atoms with van der Waals surface area (Å²) in [6, 6.07) is 0. The molecule has 0 spiro atoms. The first kappa shape index (κ1) is 13.0. The number of nitrogens with one attached hydrogen (secondary N) is 1. The largest absolute Gasteiger partial charge is 0.449 e. The van der Waals surface area contributed by atoms with Crippen molar-refractivity contribution in [3.63, 3.8) is 0 Å². The second kappa shape index (κ2) is 5.32. The van der Waals surface area contributed by atoms with Crippen LogP contribution in [0.5, 0.6) is 0 Å². The zero-order chi connectivity index (χ0) is 12.2. The third kappa shape index (κ3) is 5.14. The number of carbonyl (C=O) groups excluding carboxylic acids is 2. The van der Waals surface area contributed by atoms with Gasteiger partial charge in [0.1, 0.15) is 5.78 Å². The monoisotopic (exact) mass is 227 g/mol. The highest BCUT2D eigenvalue weighted by atomic mass is 16.5. The van der Waals surface area contributed by atoms with Crippen LogP contribution in [0.4, 0.5) is 4.79 Å². The highest BCUT2D eigenvalue weighted by Crippen LogP contribution is 2.21. The van der Waals surface area contributed by atoms with Crippen LogP contribution in [0.25, 0.3) is 0 Å². The Kier molecular flexibility index (Phi) is 4.33. The van der Waals surface area contributed by atoms with Gasteiger partial charge in [-0.2, -0.15) is 0 Å². The summed E-state index contributed by atoms with van der Waals surface area (Å²) in [4.78, 5) is 22.4. The van der Waals surface area contributed by atoms with Gasteiger partial charge in [0.05, 0.1) is 6.61 Å².